The van der Waals surface area contributed by atoms with E-state index in [0.29, 0.717) is 12.0 Å². The molecule has 0 bridgehead atoms. The van der Waals surface area contributed by atoms with Crippen LogP contribution in [0.15, 0.2) is 51.8 Å². The number of hydrogen-bond acceptors (Lipinski definition) is 3. The van der Waals surface area contributed by atoms with Crippen LogP contribution in [0.2, 0.25) is 0 Å². The zero-order chi connectivity index (χ0) is 20.3. The molecule has 2 aliphatic rings. The smallest absolute Gasteiger partial charge is 0.196 e. The van der Waals surface area contributed by atoms with Gasteiger partial charge in [-0.1, -0.05) is 37.3 Å². The number of alkyl halides is 6. The molecule has 0 saturated carbocycles. The summed E-state index contributed by atoms with van der Waals surface area (Å²) < 4.78 is 108. The second kappa shape index (κ2) is 6.14. The zero-order valence-electron chi connectivity index (χ0n) is 13.6. The quantitative estimate of drug-likeness (QED) is 0.464. The van der Waals surface area contributed by atoms with Crippen molar-refractivity contribution in [1.82, 2.24) is 0 Å². The molecule has 1 aliphatic heterocycles. The maximum absolute atomic E-state index is 14.2. The summed E-state index contributed by atoms with van der Waals surface area (Å²) in [5.74, 6) is 0. The molecule has 3 nitrogen and oxygen atoms in total. The summed E-state index contributed by atoms with van der Waals surface area (Å²) in [4.78, 5) is -1.23. The Morgan fingerprint density at radius 1 is 1.11 bits per heavy atom. The molecule has 0 spiro atoms. The summed E-state index contributed by atoms with van der Waals surface area (Å²) in [6.07, 6.45) is 5.45. The number of aryl methyl sites for hydroxylation is 1. The van der Waals surface area contributed by atoms with Crippen LogP contribution in [0.1, 0.15) is 18.1 Å². The van der Waals surface area contributed by atoms with E-state index in [1.807, 2.05) is 0 Å². The minimum atomic E-state index is -6.51. The van der Waals surface area contributed by atoms with Crippen molar-refractivity contribution in [3.8, 4) is 0 Å². The van der Waals surface area contributed by atoms with Crippen LogP contribution in [0.5, 0.6) is 0 Å². The highest BCUT2D eigenvalue weighted by molar-refractivity contribution is 8.37. The lowest BCUT2D eigenvalue weighted by Crippen LogP contribution is -2.32. The lowest BCUT2D eigenvalue weighted by atomic mass is 10.0. The van der Waals surface area contributed by atoms with Crippen LogP contribution in [-0.4, -0.2) is 19.4 Å². The molecule has 11 heteroatoms. The molecular weight excluding hydrogens is 418 g/mol. The highest BCUT2D eigenvalue weighted by Crippen LogP contribution is 2.79. The summed E-state index contributed by atoms with van der Waals surface area (Å²) >= 11 is 0. The Balaban J connectivity index is 2.30. The number of rotatable bonds is 4. The van der Waals surface area contributed by atoms with Gasteiger partial charge in [0.2, 0.25) is 0 Å². The molecule has 0 fully saturated rings. The number of halogens is 6. The molecule has 1 aliphatic carbocycles. The first kappa shape index (κ1) is 20.0. The van der Waals surface area contributed by atoms with E-state index in [-0.39, 0.29) is 11.1 Å². The Morgan fingerprint density at radius 2 is 1.74 bits per heavy atom. The first-order valence-corrected chi connectivity index (χ1v) is 10.5. The maximum atomic E-state index is 14.2. The van der Waals surface area contributed by atoms with Crippen molar-refractivity contribution in [3.63, 3.8) is 0 Å². The van der Waals surface area contributed by atoms with Gasteiger partial charge >= 0.3 is 21.1 Å². The number of allylic oxidation sites excluding steroid dienone is 4. The van der Waals surface area contributed by atoms with E-state index in [1.54, 1.807) is 6.92 Å². The number of benzene rings is 1. The number of hydrogen-bond donors (Lipinski definition) is 0. The fraction of sp³-hybridized carbons (Fsp3) is 0.250. The molecule has 1 heterocycles. The Hall–Kier alpha value is -1.72. The van der Waals surface area contributed by atoms with E-state index in [1.165, 1.54) is 30.4 Å². The largest absolute Gasteiger partial charge is 0.523 e. The van der Waals surface area contributed by atoms with Crippen LogP contribution < -0.4 is 0 Å². The van der Waals surface area contributed by atoms with Gasteiger partial charge in [0.1, 0.15) is 0 Å². The number of fused-ring (bicyclic) bond motifs is 1. The van der Waals surface area contributed by atoms with Crippen LogP contribution in [0.4, 0.5) is 26.3 Å². The van der Waals surface area contributed by atoms with Gasteiger partial charge in [0, 0.05) is 20.1 Å². The molecule has 3 rings (SSSR count). The molecule has 148 valence electrons. The van der Waals surface area contributed by atoms with Crippen LogP contribution in [-0.2, 0) is 20.2 Å². The zero-order valence-corrected chi connectivity index (χ0v) is 15.2. The van der Waals surface area contributed by atoms with Crippen molar-refractivity contribution in [2.75, 3.05) is 0 Å². The molecule has 1 aromatic carbocycles. The second-order valence-corrected chi connectivity index (χ2v) is 10.1. The summed E-state index contributed by atoms with van der Waals surface area (Å²) in [5.41, 5.74) is -10.7. The van der Waals surface area contributed by atoms with Crippen LogP contribution in [0.25, 0.3) is 6.08 Å². The third-order valence-corrected chi connectivity index (χ3v) is 8.74. The van der Waals surface area contributed by atoms with Gasteiger partial charge in [-0.05, 0) is 35.3 Å². The van der Waals surface area contributed by atoms with Crippen molar-refractivity contribution >= 4 is 26.5 Å². The monoisotopic (exact) mass is 430 g/mol. The lowest BCUT2D eigenvalue weighted by Gasteiger charge is -2.40. The summed E-state index contributed by atoms with van der Waals surface area (Å²) in [6.45, 7) is 1.76. The minimum Gasteiger partial charge on any atom is -0.196 e. The predicted octanol–water partition coefficient (Wildman–Crippen LogP) is 5.56. The fourth-order valence-corrected chi connectivity index (χ4v) is 7.16. The van der Waals surface area contributed by atoms with Gasteiger partial charge < -0.3 is 0 Å². The highest BCUT2D eigenvalue weighted by Gasteiger charge is 2.64. The molecule has 0 aromatic heterocycles. The topological polar surface area (TPSA) is 43.4 Å². The average molecular weight is 430 g/mol. The molecular formula is C16H12F6O3S2. The van der Waals surface area contributed by atoms with Crippen molar-refractivity contribution in [3.05, 3.63) is 58.0 Å². The van der Waals surface area contributed by atoms with Crippen molar-refractivity contribution in [1.29, 1.82) is 0 Å². The van der Waals surface area contributed by atoms with Gasteiger partial charge in [-0.3, -0.25) is 0 Å². The SMILES string of the molecule is CCc1ccc2c(c1)C=C(C1=CC=C1)S2(OS(=O)(=O)C(F)(F)F)C(F)(F)F. The van der Waals surface area contributed by atoms with E-state index >= 15 is 0 Å². The predicted molar refractivity (Wildman–Crippen MR) is 89.0 cm³/mol. The van der Waals surface area contributed by atoms with Gasteiger partial charge in [-0.15, -0.1) is 0 Å². The van der Waals surface area contributed by atoms with E-state index in [0.717, 1.165) is 12.1 Å². The van der Waals surface area contributed by atoms with E-state index < -0.39 is 41.2 Å². The average Bonchev–Trinajstić information content (AvgIpc) is 2.78. The van der Waals surface area contributed by atoms with Crippen molar-refractivity contribution in [2.24, 2.45) is 0 Å². The Morgan fingerprint density at radius 3 is 2.19 bits per heavy atom. The Bertz CT molecular complexity index is 986. The Kier molecular flexibility index (Phi) is 4.56. The van der Waals surface area contributed by atoms with E-state index in [2.05, 4.69) is 3.63 Å². The van der Waals surface area contributed by atoms with E-state index in [4.69, 9.17) is 0 Å². The van der Waals surface area contributed by atoms with Gasteiger partial charge in [0.25, 0.3) is 0 Å². The molecule has 1 atom stereocenters. The minimum absolute atomic E-state index is 0.00440. The molecule has 0 N–H and O–H groups in total. The first-order chi connectivity index (χ1) is 12.3. The first-order valence-electron chi connectivity index (χ1n) is 7.49. The molecule has 27 heavy (non-hydrogen) atoms. The summed E-state index contributed by atoms with van der Waals surface area (Å²) in [7, 11) is -11.5. The molecule has 0 saturated heterocycles. The van der Waals surface area contributed by atoms with Crippen LogP contribution in [0.3, 0.4) is 0 Å². The van der Waals surface area contributed by atoms with Crippen LogP contribution in [0, 0.1) is 0 Å². The molecule has 0 amide bonds. The molecule has 0 radical (unpaired) electrons. The standard InChI is InChI=1S/C16H12F6O3S2/c1-2-10-6-7-13-12(8-10)9-14(11-4-3-5-11)26(13,15(17,18)19)25-27(23,24)16(20,21)22/h3-9H,2H2,1H3. The van der Waals surface area contributed by atoms with Gasteiger partial charge in [0.15, 0.2) is 0 Å². The van der Waals surface area contributed by atoms with E-state index in [9.17, 15) is 34.8 Å². The van der Waals surface area contributed by atoms with Gasteiger partial charge in [-0.2, -0.15) is 38.4 Å². The molecule has 1 aromatic rings. The third-order valence-electron chi connectivity index (χ3n) is 4.03. The van der Waals surface area contributed by atoms with Gasteiger partial charge in [-0.25, -0.2) is 0 Å². The fourth-order valence-electron chi connectivity index (χ4n) is 2.68. The molecule has 1 unspecified atom stereocenters. The summed E-state index contributed by atoms with van der Waals surface area (Å²) in [5, 5.41) is 0. The third kappa shape index (κ3) is 3.01. The lowest BCUT2D eigenvalue weighted by molar-refractivity contribution is -0.0545. The van der Waals surface area contributed by atoms with Crippen molar-refractivity contribution in [2.45, 2.75) is 29.3 Å². The normalized spacial score (nSPS) is 24.6. The summed E-state index contributed by atoms with van der Waals surface area (Å²) in [6, 6.07) is 3.70. The van der Waals surface area contributed by atoms with Gasteiger partial charge in [0.05, 0.1) is 0 Å². The van der Waals surface area contributed by atoms with Crippen molar-refractivity contribution < 1.29 is 38.4 Å². The Labute approximate surface area is 152 Å². The second-order valence-electron chi connectivity index (χ2n) is 5.69. The maximum Gasteiger partial charge on any atom is 0.523 e. The van der Waals surface area contributed by atoms with Crippen LogP contribution >= 0.6 is 10.3 Å². The highest BCUT2D eigenvalue weighted by atomic mass is 32.3.